The van der Waals surface area contributed by atoms with Crippen molar-refractivity contribution in [3.8, 4) is 0 Å². The van der Waals surface area contributed by atoms with Gasteiger partial charge in [0.15, 0.2) is 0 Å². The van der Waals surface area contributed by atoms with Crippen molar-refractivity contribution in [2.75, 3.05) is 5.73 Å². The molecule has 0 atom stereocenters. The quantitative estimate of drug-likeness (QED) is 0.718. The highest BCUT2D eigenvalue weighted by Crippen LogP contribution is 2.24. The second kappa shape index (κ2) is 5.56. The summed E-state index contributed by atoms with van der Waals surface area (Å²) in [7, 11) is 0. The number of benzene rings is 1. The normalized spacial score (nSPS) is 10.6. The summed E-state index contributed by atoms with van der Waals surface area (Å²) in [5.41, 5.74) is 7.52. The van der Waals surface area contributed by atoms with Crippen LogP contribution in [0.25, 0.3) is 10.9 Å². The molecule has 6 nitrogen and oxygen atoms in total. The Morgan fingerprint density at radius 1 is 1.15 bits per heavy atom. The average molecular weight is 274 g/mol. The molecular formula is C14H14N2O4. The van der Waals surface area contributed by atoms with Gasteiger partial charge in [0.25, 0.3) is 0 Å². The lowest BCUT2D eigenvalue weighted by molar-refractivity contribution is -0.137. The summed E-state index contributed by atoms with van der Waals surface area (Å²) in [5, 5.41) is 18.4. The van der Waals surface area contributed by atoms with Gasteiger partial charge in [-0.2, -0.15) is 0 Å². The molecule has 1 aromatic heterocycles. The molecule has 0 aliphatic heterocycles. The van der Waals surface area contributed by atoms with Gasteiger partial charge in [0.2, 0.25) is 0 Å². The summed E-state index contributed by atoms with van der Waals surface area (Å²) >= 11 is 0. The van der Waals surface area contributed by atoms with Crippen LogP contribution >= 0.6 is 0 Å². The van der Waals surface area contributed by atoms with Gasteiger partial charge in [-0.15, -0.1) is 0 Å². The number of carboxylic acids is 2. The minimum Gasteiger partial charge on any atom is -0.481 e. The lowest BCUT2D eigenvalue weighted by atomic mass is 10.0. The van der Waals surface area contributed by atoms with Crippen molar-refractivity contribution < 1.29 is 19.8 Å². The van der Waals surface area contributed by atoms with Crippen molar-refractivity contribution in [3.63, 3.8) is 0 Å². The molecule has 0 amide bonds. The van der Waals surface area contributed by atoms with Crippen LogP contribution in [0.4, 0.5) is 5.69 Å². The summed E-state index contributed by atoms with van der Waals surface area (Å²) < 4.78 is 0. The molecule has 1 aromatic carbocycles. The van der Waals surface area contributed by atoms with Gasteiger partial charge in [0, 0.05) is 11.8 Å². The van der Waals surface area contributed by atoms with Crippen LogP contribution in [0.3, 0.4) is 0 Å². The smallest absolute Gasteiger partial charge is 0.354 e. The van der Waals surface area contributed by atoms with Gasteiger partial charge in [-0.3, -0.25) is 4.79 Å². The van der Waals surface area contributed by atoms with E-state index in [4.69, 9.17) is 15.9 Å². The lowest BCUT2D eigenvalue weighted by Gasteiger charge is -2.08. The summed E-state index contributed by atoms with van der Waals surface area (Å²) in [6.45, 7) is 0. The van der Waals surface area contributed by atoms with E-state index in [1.807, 2.05) is 6.07 Å². The monoisotopic (exact) mass is 274 g/mol. The Labute approximate surface area is 114 Å². The number of fused-ring (bicyclic) bond motifs is 1. The van der Waals surface area contributed by atoms with Crippen molar-refractivity contribution in [2.24, 2.45) is 0 Å². The predicted molar refractivity (Wildman–Crippen MR) is 73.7 cm³/mol. The van der Waals surface area contributed by atoms with E-state index in [9.17, 15) is 9.59 Å². The van der Waals surface area contributed by atoms with Gasteiger partial charge >= 0.3 is 11.9 Å². The number of hydrogen-bond acceptors (Lipinski definition) is 4. The molecule has 0 spiro atoms. The number of nitrogens with two attached hydrogens (primary N) is 1. The van der Waals surface area contributed by atoms with E-state index in [-0.39, 0.29) is 12.1 Å². The van der Waals surface area contributed by atoms with Gasteiger partial charge in [0.05, 0.1) is 11.2 Å². The molecule has 6 heteroatoms. The van der Waals surface area contributed by atoms with E-state index in [1.165, 1.54) is 6.07 Å². The molecule has 0 bridgehead atoms. The zero-order chi connectivity index (χ0) is 14.7. The minimum absolute atomic E-state index is 0.0631. The fourth-order valence-corrected chi connectivity index (χ4v) is 2.06. The zero-order valence-corrected chi connectivity index (χ0v) is 10.7. The van der Waals surface area contributed by atoms with Crippen LogP contribution in [-0.4, -0.2) is 27.1 Å². The Kier molecular flexibility index (Phi) is 3.84. The Morgan fingerprint density at radius 3 is 2.55 bits per heavy atom. The number of hydrogen-bond donors (Lipinski definition) is 3. The molecule has 0 saturated carbocycles. The topological polar surface area (TPSA) is 114 Å². The largest absolute Gasteiger partial charge is 0.481 e. The first-order chi connectivity index (χ1) is 9.49. The molecular weight excluding hydrogens is 260 g/mol. The third-order valence-electron chi connectivity index (χ3n) is 3.03. The van der Waals surface area contributed by atoms with Crippen LogP contribution in [-0.2, 0) is 11.2 Å². The van der Waals surface area contributed by atoms with Crippen LogP contribution in [0.5, 0.6) is 0 Å². The molecule has 0 aliphatic carbocycles. The molecule has 0 radical (unpaired) electrons. The average Bonchev–Trinajstić information content (AvgIpc) is 2.40. The second-order valence-corrected chi connectivity index (χ2v) is 4.46. The maximum Gasteiger partial charge on any atom is 0.354 e. The van der Waals surface area contributed by atoms with Crippen LogP contribution in [0.1, 0.15) is 28.9 Å². The van der Waals surface area contributed by atoms with Crippen LogP contribution in [0.2, 0.25) is 0 Å². The number of aliphatic carboxylic acids is 1. The fourth-order valence-electron chi connectivity index (χ4n) is 2.06. The third kappa shape index (κ3) is 2.85. The Morgan fingerprint density at radius 2 is 1.90 bits per heavy atom. The van der Waals surface area contributed by atoms with Crippen LogP contribution < -0.4 is 5.73 Å². The number of carboxylic acid groups (broad SMARTS) is 2. The van der Waals surface area contributed by atoms with Crippen molar-refractivity contribution >= 4 is 28.5 Å². The molecule has 0 aliphatic rings. The van der Waals surface area contributed by atoms with Crippen molar-refractivity contribution in [3.05, 3.63) is 35.5 Å². The SMILES string of the molecule is Nc1ccc(CCCC(=O)O)c2ccc(C(=O)O)nc12. The predicted octanol–water partition coefficient (Wildman–Crippen LogP) is 1.92. The maximum atomic E-state index is 10.9. The maximum absolute atomic E-state index is 10.9. The van der Waals surface area contributed by atoms with E-state index < -0.39 is 11.9 Å². The highest BCUT2D eigenvalue weighted by atomic mass is 16.4. The first-order valence-corrected chi connectivity index (χ1v) is 6.12. The van der Waals surface area contributed by atoms with Crippen molar-refractivity contribution in [1.82, 2.24) is 4.98 Å². The molecule has 0 unspecified atom stereocenters. The first kappa shape index (κ1) is 13.8. The van der Waals surface area contributed by atoms with Gasteiger partial charge in [0.1, 0.15) is 5.69 Å². The number of nitrogens with zero attached hydrogens (tertiary/aromatic N) is 1. The molecule has 20 heavy (non-hydrogen) atoms. The van der Waals surface area contributed by atoms with Gasteiger partial charge in [-0.25, -0.2) is 9.78 Å². The Balaban J connectivity index is 2.39. The third-order valence-corrected chi connectivity index (χ3v) is 3.03. The Hall–Kier alpha value is -2.63. The van der Waals surface area contributed by atoms with Crippen LogP contribution in [0.15, 0.2) is 24.3 Å². The lowest BCUT2D eigenvalue weighted by Crippen LogP contribution is -2.03. The number of aromatic carboxylic acids is 1. The number of rotatable bonds is 5. The second-order valence-electron chi connectivity index (χ2n) is 4.46. The molecule has 4 N–H and O–H groups in total. The summed E-state index contributed by atoms with van der Waals surface area (Å²) in [6, 6.07) is 6.57. The fraction of sp³-hybridized carbons (Fsp3) is 0.214. The molecule has 0 saturated heterocycles. The first-order valence-electron chi connectivity index (χ1n) is 6.12. The number of aromatic nitrogens is 1. The number of aryl methyl sites for hydroxylation is 1. The molecule has 2 rings (SSSR count). The van der Waals surface area contributed by atoms with E-state index in [2.05, 4.69) is 4.98 Å². The highest BCUT2D eigenvalue weighted by molar-refractivity contribution is 5.95. The number of nitrogen functional groups attached to an aromatic ring is 1. The van der Waals surface area contributed by atoms with E-state index in [0.29, 0.717) is 24.0 Å². The van der Waals surface area contributed by atoms with Gasteiger partial charge < -0.3 is 15.9 Å². The van der Waals surface area contributed by atoms with E-state index in [1.54, 1.807) is 12.1 Å². The number of carbonyl (C=O) groups is 2. The standard InChI is InChI=1S/C14H14N2O4/c15-10-6-4-8(2-1-3-12(17)18)9-5-7-11(14(19)20)16-13(9)10/h4-7H,1-3,15H2,(H,17,18)(H,19,20). The van der Waals surface area contributed by atoms with Gasteiger partial charge in [-0.1, -0.05) is 12.1 Å². The van der Waals surface area contributed by atoms with E-state index in [0.717, 1.165) is 10.9 Å². The number of pyridine rings is 1. The van der Waals surface area contributed by atoms with Crippen molar-refractivity contribution in [1.29, 1.82) is 0 Å². The Bertz CT molecular complexity index is 682. The zero-order valence-electron chi connectivity index (χ0n) is 10.7. The summed E-state index contributed by atoms with van der Waals surface area (Å²) in [5.74, 6) is -1.95. The molecule has 2 aromatic rings. The molecule has 1 heterocycles. The van der Waals surface area contributed by atoms with E-state index >= 15 is 0 Å². The van der Waals surface area contributed by atoms with Crippen LogP contribution in [0, 0.1) is 0 Å². The van der Waals surface area contributed by atoms with Crippen molar-refractivity contribution in [2.45, 2.75) is 19.3 Å². The highest BCUT2D eigenvalue weighted by Gasteiger charge is 2.10. The summed E-state index contributed by atoms with van der Waals surface area (Å²) in [6.07, 6.45) is 1.18. The molecule has 104 valence electrons. The molecule has 0 fully saturated rings. The number of anilines is 1. The summed E-state index contributed by atoms with van der Waals surface area (Å²) in [4.78, 5) is 25.5. The minimum atomic E-state index is -1.11. The van der Waals surface area contributed by atoms with Gasteiger partial charge in [-0.05, 0) is 30.5 Å².